The first-order valence-corrected chi connectivity index (χ1v) is 9.05. The van der Waals surface area contributed by atoms with Crippen molar-refractivity contribution in [1.82, 2.24) is 0 Å². The van der Waals surface area contributed by atoms with Crippen LogP contribution in [0, 0.1) is 11.8 Å². The first-order chi connectivity index (χ1) is 12.1. The minimum atomic E-state index is 0.0420. The van der Waals surface area contributed by atoms with E-state index in [2.05, 4.69) is 19.2 Å². The molecule has 4 nitrogen and oxygen atoms in total. The topological polar surface area (TPSA) is 42.8 Å². The van der Waals surface area contributed by atoms with Crippen molar-refractivity contribution in [1.29, 1.82) is 0 Å². The first kappa shape index (κ1) is 17.5. The summed E-state index contributed by atoms with van der Waals surface area (Å²) in [7, 11) is 0. The van der Waals surface area contributed by atoms with Gasteiger partial charge in [-0.15, -0.1) is 0 Å². The van der Waals surface area contributed by atoms with Crippen molar-refractivity contribution < 1.29 is 14.4 Å². The Bertz CT molecular complexity index is 692. The van der Waals surface area contributed by atoms with Gasteiger partial charge in [-0.05, 0) is 30.7 Å². The van der Waals surface area contributed by atoms with E-state index in [0.29, 0.717) is 29.8 Å². The number of quaternary nitrogens is 1. The molecule has 3 rings (SSSR count). The molecular formula is C21H27N2O2+. The quantitative estimate of drug-likeness (QED) is 0.879. The summed E-state index contributed by atoms with van der Waals surface area (Å²) in [6, 6.07) is 17.2. The molecule has 0 bridgehead atoms. The van der Waals surface area contributed by atoms with Crippen molar-refractivity contribution in [2.75, 3.05) is 25.0 Å². The Kier molecular flexibility index (Phi) is 5.71. The Labute approximate surface area is 149 Å². The van der Waals surface area contributed by atoms with E-state index >= 15 is 0 Å². The number of anilines is 1. The molecule has 2 atom stereocenters. The summed E-state index contributed by atoms with van der Waals surface area (Å²) in [6.45, 7) is 7.20. The maximum Gasteiger partial charge on any atom is 0.279 e. The maximum atomic E-state index is 12.5. The van der Waals surface area contributed by atoms with Gasteiger partial charge in [0.1, 0.15) is 5.75 Å². The normalized spacial score (nSPS) is 23.0. The van der Waals surface area contributed by atoms with Gasteiger partial charge in [0.05, 0.1) is 18.8 Å². The highest BCUT2D eigenvalue weighted by molar-refractivity contribution is 5.93. The van der Waals surface area contributed by atoms with Crippen molar-refractivity contribution in [2.45, 2.75) is 20.3 Å². The van der Waals surface area contributed by atoms with Gasteiger partial charge in [0, 0.05) is 11.8 Å². The second-order valence-electron chi connectivity index (χ2n) is 7.24. The predicted octanol–water partition coefficient (Wildman–Crippen LogP) is 2.98. The second kappa shape index (κ2) is 8.17. The summed E-state index contributed by atoms with van der Waals surface area (Å²) >= 11 is 0. The zero-order chi connectivity index (χ0) is 17.6. The molecule has 4 heteroatoms. The summed E-state index contributed by atoms with van der Waals surface area (Å²) < 4.78 is 5.91. The minimum absolute atomic E-state index is 0.0420. The Hall–Kier alpha value is -2.33. The highest BCUT2D eigenvalue weighted by Crippen LogP contribution is 2.28. The molecule has 2 N–H and O–H groups in total. The van der Waals surface area contributed by atoms with Gasteiger partial charge in [0.15, 0.2) is 12.3 Å². The molecule has 2 aromatic carbocycles. The lowest BCUT2D eigenvalue weighted by Gasteiger charge is -2.31. The lowest BCUT2D eigenvalue weighted by Crippen LogP contribution is -3.15. The summed E-state index contributed by atoms with van der Waals surface area (Å²) in [5.74, 6) is 2.83. The number of amides is 1. The van der Waals surface area contributed by atoms with Crippen molar-refractivity contribution in [3.63, 3.8) is 0 Å². The predicted molar refractivity (Wildman–Crippen MR) is 100 cm³/mol. The maximum absolute atomic E-state index is 12.5. The van der Waals surface area contributed by atoms with E-state index in [9.17, 15) is 4.79 Å². The number of carbonyl (C=O) groups excluding carboxylic acids is 1. The highest BCUT2D eigenvalue weighted by Gasteiger charge is 2.26. The van der Waals surface area contributed by atoms with E-state index in [1.165, 1.54) is 11.3 Å². The molecule has 132 valence electrons. The molecule has 25 heavy (non-hydrogen) atoms. The zero-order valence-corrected chi connectivity index (χ0v) is 15.0. The van der Waals surface area contributed by atoms with Crippen LogP contribution in [0.4, 0.5) is 5.69 Å². The molecule has 0 aromatic heterocycles. The Morgan fingerprint density at radius 3 is 2.40 bits per heavy atom. The molecule has 0 radical (unpaired) electrons. The summed E-state index contributed by atoms with van der Waals surface area (Å²) in [6.07, 6.45) is 1.26. The monoisotopic (exact) mass is 339 g/mol. The van der Waals surface area contributed by atoms with Gasteiger partial charge >= 0.3 is 0 Å². The van der Waals surface area contributed by atoms with Crippen molar-refractivity contribution in [3.8, 4) is 11.5 Å². The van der Waals surface area contributed by atoms with E-state index in [4.69, 9.17) is 4.74 Å². The number of rotatable bonds is 5. The van der Waals surface area contributed by atoms with Crippen LogP contribution in [0.2, 0.25) is 0 Å². The van der Waals surface area contributed by atoms with Gasteiger partial charge in [-0.25, -0.2) is 0 Å². The van der Waals surface area contributed by atoms with Crippen LogP contribution >= 0.6 is 0 Å². The largest absolute Gasteiger partial charge is 0.455 e. The van der Waals surface area contributed by atoms with E-state index in [1.54, 1.807) is 0 Å². The van der Waals surface area contributed by atoms with Gasteiger partial charge in [-0.3, -0.25) is 4.79 Å². The summed E-state index contributed by atoms with van der Waals surface area (Å²) in [4.78, 5) is 13.9. The molecule has 1 saturated heterocycles. The van der Waals surface area contributed by atoms with E-state index in [1.807, 2.05) is 54.6 Å². The van der Waals surface area contributed by atoms with Crippen LogP contribution in [0.1, 0.15) is 20.3 Å². The average molecular weight is 339 g/mol. The minimum Gasteiger partial charge on any atom is -0.455 e. The van der Waals surface area contributed by atoms with Crippen molar-refractivity contribution in [3.05, 3.63) is 54.6 Å². The Morgan fingerprint density at radius 2 is 1.68 bits per heavy atom. The molecule has 1 fully saturated rings. The lowest BCUT2D eigenvalue weighted by atomic mass is 9.92. The molecule has 1 heterocycles. The van der Waals surface area contributed by atoms with Crippen molar-refractivity contribution >= 4 is 11.6 Å². The fourth-order valence-electron chi connectivity index (χ4n) is 3.76. The fraction of sp³-hybridized carbons (Fsp3) is 0.381. The van der Waals surface area contributed by atoms with Gasteiger partial charge in [0.25, 0.3) is 5.91 Å². The standard InChI is InChI=1S/C21H26N2O2/c1-16-12-17(2)14-23(13-16)15-21(24)22-19-10-6-7-11-20(19)25-18-8-4-3-5-9-18/h3-11,16-17H,12-15H2,1-2H3,(H,22,24)/p+1/t16-,17-/m0/s1. The average Bonchev–Trinajstić information content (AvgIpc) is 2.56. The molecule has 1 aliphatic heterocycles. The van der Waals surface area contributed by atoms with Crippen LogP contribution in [0.15, 0.2) is 54.6 Å². The number of nitrogens with one attached hydrogen (secondary N) is 2. The number of piperidine rings is 1. The van der Waals surface area contributed by atoms with Crippen LogP contribution in [0.5, 0.6) is 11.5 Å². The number of hydrogen-bond donors (Lipinski definition) is 2. The molecule has 0 aliphatic carbocycles. The molecular weight excluding hydrogens is 312 g/mol. The van der Waals surface area contributed by atoms with Crippen LogP contribution in [-0.2, 0) is 4.79 Å². The smallest absolute Gasteiger partial charge is 0.279 e. The third-order valence-corrected chi connectivity index (χ3v) is 4.62. The van der Waals surface area contributed by atoms with Gasteiger partial charge in [0.2, 0.25) is 0 Å². The fourth-order valence-corrected chi connectivity index (χ4v) is 3.76. The van der Waals surface area contributed by atoms with Gasteiger partial charge in [-0.2, -0.15) is 0 Å². The number of likely N-dealkylation sites (tertiary alicyclic amines) is 1. The molecule has 0 saturated carbocycles. The molecule has 0 unspecified atom stereocenters. The Morgan fingerprint density at radius 1 is 1.04 bits per heavy atom. The van der Waals surface area contributed by atoms with Crippen LogP contribution in [0.25, 0.3) is 0 Å². The van der Waals surface area contributed by atoms with Crippen LogP contribution in [0.3, 0.4) is 0 Å². The van der Waals surface area contributed by atoms with Crippen LogP contribution in [-0.4, -0.2) is 25.5 Å². The summed E-state index contributed by atoms with van der Waals surface area (Å²) in [5.41, 5.74) is 0.717. The number of benzene rings is 2. The third kappa shape index (κ3) is 5.07. The van der Waals surface area contributed by atoms with Crippen molar-refractivity contribution in [2.24, 2.45) is 11.8 Å². The highest BCUT2D eigenvalue weighted by atomic mass is 16.5. The van der Waals surface area contributed by atoms with Gasteiger partial charge < -0.3 is 15.0 Å². The van der Waals surface area contributed by atoms with Crippen LogP contribution < -0.4 is 15.0 Å². The zero-order valence-electron chi connectivity index (χ0n) is 15.0. The van der Waals surface area contributed by atoms with E-state index in [0.717, 1.165) is 18.8 Å². The van der Waals surface area contributed by atoms with Gasteiger partial charge in [-0.1, -0.05) is 44.2 Å². The second-order valence-corrected chi connectivity index (χ2v) is 7.24. The molecule has 2 aromatic rings. The number of hydrogen-bond acceptors (Lipinski definition) is 2. The van der Waals surface area contributed by atoms with E-state index < -0.39 is 0 Å². The lowest BCUT2D eigenvalue weighted by molar-refractivity contribution is -0.904. The molecule has 1 amide bonds. The first-order valence-electron chi connectivity index (χ1n) is 9.05. The molecule has 1 aliphatic rings. The van der Waals surface area contributed by atoms with E-state index in [-0.39, 0.29) is 5.91 Å². The third-order valence-electron chi connectivity index (χ3n) is 4.62. The number of ether oxygens (including phenoxy) is 1. The summed E-state index contributed by atoms with van der Waals surface area (Å²) in [5, 5.41) is 3.02. The Balaban J connectivity index is 1.63. The number of carbonyl (C=O) groups is 1. The number of para-hydroxylation sites is 3. The SMILES string of the molecule is C[C@H]1C[C@H](C)C[NH+](CC(=O)Nc2ccccc2Oc2ccccc2)C1. The molecule has 0 spiro atoms.